The second-order valence-electron chi connectivity index (χ2n) is 6.99. The van der Waals surface area contributed by atoms with E-state index in [1.165, 1.54) is 12.8 Å². The van der Waals surface area contributed by atoms with Crippen molar-refractivity contribution >= 4 is 5.97 Å². The molecule has 0 heterocycles. The highest BCUT2D eigenvalue weighted by Gasteiger charge is 2.48. The van der Waals surface area contributed by atoms with Gasteiger partial charge >= 0.3 is 5.97 Å². The highest BCUT2D eigenvalue weighted by molar-refractivity contribution is 5.71. The largest absolute Gasteiger partial charge is 0.466 e. The molecule has 124 valence electrons. The van der Waals surface area contributed by atoms with Gasteiger partial charge in [-0.05, 0) is 50.6 Å². The lowest BCUT2D eigenvalue weighted by Gasteiger charge is -2.54. The molecule has 3 heteroatoms. The Morgan fingerprint density at radius 3 is 2.33 bits per heavy atom. The molecule has 0 N–H and O–H groups in total. The van der Waals surface area contributed by atoms with E-state index in [1.807, 2.05) is 6.92 Å². The molecule has 1 saturated carbocycles. The monoisotopic (exact) mass is 297 g/mol. The van der Waals surface area contributed by atoms with Crippen molar-refractivity contribution in [2.24, 2.45) is 17.8 Å². The number of rotatable bonds is 7. The number of hydrogen-bond acceptors (Lipinski definition) is 3. The SMILES string of the molecule is CCOC(=O)CC1(N(CC)CC)CC(C)CCC1C(C)C. The summed E-state index contributed by atoms with van der Waals surface area (Å²) in [4.78, 5) is 14.8. The average Bonchev–Trinajstić information content (AvgIpc) is 2.39. The number of carbonyl (C=O) groups is 1. The van der Waals surface area contributed by atoms with Gasteiger partial charge in [0.1, 0.15) is 0 Å². The van der Waals surface area contributed by atoms with Crippen LogP contribution in [0.1, 0.15) is 67.2 Å². The van der Waals surface area contributed by atoms with Crippen molar-refractivity contribution in [2.45, 2.75) is 72.8 Å². The van der Waals surface area contributed by atoms with Crippen molar-refractivity contribution in [1.82, 2.24) is 4.90 Å². The van der Waals surface area contributed by atoms with Gasteiger partial charge in [0.05, 0.1) is 13.0 Å². The number of esters is 1. The normalized spacial score (nSPS) is 29.9. The van der Waals surface area contributed by atoms with Crippen LogP contribution in [0.2, 0.25) is 0 Å². The molecule has 0 radical (unpaired) electrons. The van der Waals surface area contributed by atoms with E-state index in [9.17, 15) is 4.79 Å². The van der Waals surface area contributed by atoms with Crippen molar-refractivity contribution in [3.8, 4) is 0 Å². The van der Waals surface area contributed by atoms with Crippen molar-refractivity contribution in [3.05, 3.63) is 0 Å². The molecule has 1 aliphatic rings. The molecule has 0 aromatic heterocycles. The maximum atomic E-state index is 12.3. The van der Waals surface area contributed by atoms with E-state index in [-0.39, 0.29) is 11.5 Å². The third kappa shape index (κ3) is 4.21. The molecule has 3 unspecified atom stereocenters. The van der Waals surface area contributed by atoms with E-state index in [0.717, 1.165) is 19.5 Å². The summed E-state index contributed by atoms with van der Waals surface area (Å²) in [5, 5.41) is 0. The molecule has 0 saturated heterocycles. The van der Waals surface area contributed by atoms with E-state index in [1.54, 1.807) is 0 Å². The van der Waals surface area contributed by atoms with E-state index < -0.39 is 0 Å². The topological polar surface area (TPSA) is 29.5 Å². The van der Waals surface area contributed by atoms with Gasteiger partial charge in [0.25, 0.3) is 0 Å². The van der Waals surface area contributed by atoms with Crippen LogP contribution in [-0.4, -0.2) is 36.1 Å². The second-order valence-corrected chi connectivity index (χ2v) is 6.99. The lowest BCUT2D eigenvalue weighted by molar-refractivity contribution is -0.150. The van der Waals surface area contributed by atoms with E-state index in [0.29, 0.717) is 30.8 Å². The van der Waals surface area contributed by atoms with Gasteiger partial charge in [0.15, 0.2) is 0 Å². The zero-order valence-electron chi connectivity index (χ0n) is 14.9. The van der Waals surface area contributed by atoms with Crippen LogP contribution in [-0.2, 0) is 9.53 Å². The second kappa shape index (κ2) is 8.17. The first-order chi connectivity index (χ1) is 9.91. The number of nitrogens with zero attached hydrogens (tertiary/aromatic N) is 1. The van der Waals surface area contributed by atoms with E-state index in [2.05, 4.69) is 39.5 Å². The third-order valence-electron chi connectivity index (χ3n) is 5.32. The first-order valence-electron chi connectivity index (χ1n) is 8.81. The summed E-state index contributed by atoms with van der Waals surface area (Å²) < 4.78 is 5.31. The van der Waals surface area contributed by atoms with Crippen LogP contribution in [0.3, 0.4) is 0 Å². The fourth-order valence-electron chi connectivity index (χ4n) is 4.54. The van der Waals surface area contributed by atoms with Gasteiger partial charge in [0, 0.05) is 5.54 Å². The molecule has 1 rings (SSSR count). The summed E-state index contributed by atoms with van der Waals surface area (Å²) in [6.45, 7) is 15.8. The molecule has 1 aliphatic carbocycles. The fraction of sp³-hybridized carbons (Fsp3) is 0.944. The lowest BCUT2D eigenvalue weighted by atomic mass is 9.62. The fourth-order valence-corrected chi connectivity index (χ4v) is 4.54. The Morgan fingerprint density at radius 1 is 1.24 bits per heavy atom. The van der Waals surface area contributed by atoms with Crippen LogP contribution in [0.4, 0.5) is 0 Å². The number of carbonyl (C=O) groups excluding carboxylic acids is 1. The molecule has 3 nitrogen and oxygen atoms in total. The van der Waals surface area contributed by atoms with Crippen LogP contribution in [0.5, 0.6) is 0 Å². The maximum Gasteiger partial charge on any atom is 0.307 e. The van der Waals surface area contributed by atoms with Crippen LogP contribution in [0.25, 0.3) is 0 Å². The Kier molecular flexibility index (Phi) is 7.19. The zero-order valence-corrected chi connectivity index (χ0v) is 14.9. The first-order valence-corrected chi connectivity index (χ1v) is 8.81. The van der Waals surface area contributed by atoms with Crippen LogP contribution >= 0.6 is 0 Å². The van der Waals surface area contributed by atoms with Crippen LogP contribution in [0, 0.1) is 17.8 Å². The van der Waals surface area contributed by atoms with E-state index >= 15 is 0 Å². The first kappa shape index (κ1) is 18.5. The Morgan fingerprint density at radius 2 is 1.86 bits per heavy atom. The Labute approximate surface area is 131 Å². The number of ether oxygens (including phenoxy) is 1. The van der Waals surface area contributed by atoms with E-state index in [4.69, 9.17) is 4.74 Å². The highest BCUT2D eigenvalue weighted by atomic mass is 16.5. The summed E-state index contributed by atoms with van der Waals surface area (Å²) in [7, 11) is 0. The average molecular weight is 297 g/mol. The van der Waals surface area contributed by atoms with Gasteiger partial charge < -0.3 is 4.74 Å². The van der Waals surface area contributed by atoms with Crippen molar-refractivity contribution < 1.29 is 9.53 Å². The molecule has 0 amide bonds. The smallest absolute Gasteiger partial charge is 0.307 e. The molecular formula is C18H35NO2. The predicted molar refractivity (Wildman–Crippen MR) is 88.2 cm³/mol. The minimum Gasteiger partial charge on any atom is -0.466 e. The number of hydrogen-bond donors (Lipinski definition) is 0. The van der Waals surface area contributed by atoms with Gasteiger partial charge in [-0.15, -0.1) is 0 Å². The van der Waals surface area contributed by atoms with Crippen molar-refractivity contribution in [2.75, 3.05) is 19.7 Å². The Bertz CT molecular complexity index is 325. The summed E-state index contributed by atoms with van der Waals surface area (Å²) in [6, 6.07) is 0. The summed E-state index contributed by atoms with van der Waals surface area (Å²) in [5.74, 6) is 1.85. The summed E-state index contributed by atoms with van der Waals surface area (Å²) in [6.07, 6.45) is 4.19. The standard InChI is InChI=1S/C18H35NO2/c1-7-19(8-2)18(13-17(20)21-9-3)12-15(6)10-11-16(18)14(4)5/h14-16H,7-13H2,1-6H3. The van der Waals surface area contributed by atoms with Gasteiger partial charge in [-0.3, -0.25) is 9.69 Å². The molecule has 0 aliphatic heterocycles. The predicted octanol–water partition coefficient (Wildman–Crippen LogP) is 4.11. The summed E-state index contributed by atoms with van der Waals surface area (Å²) in [5.41, 5.74) is -0.0123. The van der Waals surface area contributed by atoms with Gasteiger partial charge in [-0.1, -0.05) is 41.0 Å². The highest BCUT2D eigenvalue weighted by Crippen LogP contribution is 2.46. The Hall–Kier alpha value is -0.570. The Balaban J connectivity index is 3.14. The maximum absolute atomic E-state index is 12.3. The van der Waals surface area contributed by atoms with Crippen molar-refractivity contribution in [3.63, 3.8) is 0 Å². The molecule has 0 aromatic carbocycles. The van der Waals surface area contributed by atoms with Crippen LogP contribution < -0.4 is 0 Å². The molecule has 0 spiro atoms. The van der Waals surface area contributed by atoms with Gasteiger partial charge in [-0.2, -0.15) is 0 Å². The van der Waals surface area contributed by atoms with Crippen molar-refractivity contribution in [1.29, 1.82) is 0 Å². The molecule has 21 heavy (non-hydrogen) atoms. The molecular weight excluding hydrogens is 262 g/mol. The zero-order chi connectivity index (χ0) is 16.0. The molecule has 3 atom stereocenters. The third-order valence-corrected chi connectivity index (χ3v) is 5.32. The minimum absolute atomic E-state index is 0.0123. The minimum atomic E-state index is -0.0239. The molecule has 1 fully saturated rings. The quantitative estimate of drug-likeness (QED) is 0.662. The molecule has 0 aromatic rings. The molecule has 0 bridgehead atoms. The summed E-state index contributed by atoms with van der Waals surface area (Å²) >= 11 is 0. The van der Waals surface area contributed by atoms with Gasteiger partial charge in [0.2, 0.25) is 0 Å². The lowest BCUT2D eigenvalue weighted by Crippen LogP contribution is -2.59. The van der Waals surface area contributed by atoms with Gasteiger partial charge in [-0.25, -0.2) is 0 Å². The van der Waals surface area contributed by atoms with Crippen LogP contribution in [0.15, 0.2) is 0 Å².